The van der Waals surface area contributed by atoms with Gasteiger partial charge in [0.2, 0.25) is 10.0 Å². The number of hydrogen-bond donors (Lipinski definition) is 2. The highest BCUT2D eigenvalue weighted by molar-refractivity contribution is 7.89. The SMILES string of the molecule is CC(CNS(=O)(=O)c1ccc(Cl)cc1)C(N)=S. The summed E-state index contributed by atoms with van der Waals surface area (Å²) in [5.41, 5.74) is 5.40. The van der Waals surface area contributed by atoms with E-state index in [0.29, 0.717) is 5.02 Å². The standard InChI is InChI=1S/C10H13ClN2O2S2/c1-7(10(12)16)6-13-17(14,15)9-4-2-8(11)3-5-9/h2-5,7,13H,6H2,1H3,(H2,12,16). The van der Waals surface area contributed by atoms with Crippen LogP contribution in [0.4, 0.5) is 0 Å². The Labute approximate surface area is 111 Å². The Morgan fingerprint density at radius 2 is 2.00 bits per heavy atom. The van der Waals surface area contributed by atoms with E-state index >= 15 is 0 Å². The minimum absolute atomic E-state index is 0.164. The summed E-state index contributed by atoms with van der Waals surface area (Å²) < 4.78 is 26.1. The first-order chi connectivity index (χ1) is 7.83. The van der Waals surface area contributed by atoms with Crippen LogP contribution in [0.15, 0.2) is 29.2 Å². The molecule has 0 amide bonds. The number of sulfonamides is 1. The van der Waals surface area contributed by atoms with Gasteiger partial charge < -0.3 is 5.73 Å². The molecule has 1 aromatic rings. The number of hydrogen-bond acceptors (Lipinski definition) is 3. The van der Waals surface area contributed by atoms with Crippen molar-refractivity contribution in [3.8, 4) is 0 Å². The Kier molecular flexibility index (Phi) is 4.88. The number of benzene rings is 1. The normalized spacial score (nSPS) is 13.3. The minimum Gasteiger partial charge on any atom is -0.393 e. The fourth-order valence-corrected chi connectivity index (χ4v) is 2.37. The molecule has 0 heterocycles. The molecule has 0 spiro atoms. The Hall–Kier alpha value is -0.690. The van der Waals surface area contributed by atoms with Crippen LogP contribution in [0.3, 0.4) is 0 Å². The van der Waals surface area contributed by atoms with Crippen LogP contribution >= 0.6 is 23.8 Å². The molecular weight excluding hydrogens is 280 g/mol. The third kappa shape index (κ3) is 4.23. The second-order valence-corrected chi connectivity index (χ2v) is 6.28. The topological polar surface area (TPSA) is 72.2 Å². The van der Waals surface area contributed by atoms with Gasteiger partial charge >= 0.3 is 0 Å². The molecule has 0 aromatic heterocycles. The quantitative estimate of drug-likeness (QED) is 0.808. The molecule has 0 aliphatic heterocycles. The lowest BCUT2D eigenvalue weighted by Crippen LogP contribution is -2.33. The van der Waals surface area contributed by atoms with E-state index in [2.05, 4.69) is 4.72 Å². The molecule has 0 aliphatic carbocycles. The Morgan fingerprint density at radius 3 is 2.47 bits per heavy atom. The number of nitrogens with one attached hydrogen (secondary N) is 1. The average molecular weight is 293 g/mol. The summed E-state index contributed by atoms with van der Waals surface area (Å²) in [6.45, 7) is 1.94. The number of rotatable bonds is 5. The lowest BCUT2D eigenvalue weighted by atomic mass is 10.2. The smallest absolute Gasteiger partial charge is 0.240 e. The first-order valence-corrected chi connectivity index (χ1v) is 7.14. The Bertz CT molecular complexity index is 500. The maximum absolute atomic E-state index is 11.8. The molecule has 7 heteroatoms. The van der Waals surface area contributed by atoms with Gasteiger partial charge in [0.25, 0.3) is 0 Å². The minimum atomic E-state index is -3.53. The zero-order valence-electron chi connectivity index (χ0n) is 9.18. The van der Waals surface area contributed by atoms with Crippen LogP contribution in [-0.2, 0) is 10.0 Å². The van der Waals surface area contributed by atoms with Gasteiger partial charge in [-0.15, -0.1) is 0 Å². The maximum Gasteiger partial charge on any atom is 0.240 e. The van der Waals surface area contributed by atoms with Crippen LogP contribution in [0.25, 0.3) is 0 Å². The summed E-state index contributed by atoms with van der Waals surface area (Å²) in [7, 11) is -3.53. The lowest BCUT2D eigenvalue weighted by Gasteiger charge is -2.11. The molecule has 0 aliphatic rings. The molecule has 1 unspecified atom stereocenters. The molecule has 94 valence electrons. The van der Waals surface area contributed by atoms with Crippen molar-refractivity contribution in [1.29, 1.82) is 0 Å². The van der Waals surface area contributed by atoms with E-state index in [1.165, 1.54) is 24.3 Å². The summed E-state index contributed by atoms with van der Waals surface area (Å²) in [6, 6.07) is 5.92. The zero-order chi connectivity index (χ0) is 13.1. The predicted molar refractivity (Wildman–Crippen MR) is 72.6 cm³/mol. The molecule has 0 saturated carbocycles. The van der Waals surface area contributed by atoms with E-state index in [1.54, 1.807) is 6.92 Å². The number of nitrogens with two attached hydrogens (primary N) is 1. The van der Waals surface area contributed by atoms with E-state index in [-0.39, 0.29) is 22.3 Å². The zero-order valence-corrected chi connectivity index (χ0v) is 11.6. The Balaban J connectivity index is 2.76. The van der Waals surface area contributed by atoms with E-state index in [4.69, 9.17) is 29.6 Å². The van der Waals surface area contributed by atoms with Crippen LogP contribution < -0.4 is 10.5 Å². The van der Waals surface area contributed by atoms with Gasteiger partial charge in [-0.3, -0.25) is 0 Å². The summed E-state index contributed by atoms with van der Waals surface area (Å²) >= 11 is 10.4. The fraction of sp³-hybridized carbons (Fsp3) is 0.300. The maximum atomic E-state index is 11.8. The van der Waals surface area contributed by atoms with Crippen LogP contribution in [0.2, 0.25) is 5.02 Å². The second-order valence-electron chi connectivity index (χ2n) is 3.61. The highest BCUT2D eigenvalue weighted by atomic mass is 35.5. The first kappa shape index (κ1) is 14.4. The summed E-state index contributed by atoms with van der Waals surface area (Å²) in [5, 5.41) is 0.487. The molecule has 1 atom stereocenters. The van der Waals surface area contributed by atoms with Gasteiger partial charge in [-0.05, 0) is 24.3 Å². The molecule has 4 nitrogen and oxygen atoms in total. The largest absolute Gasteiger partial charge is 0.393 e. The summed E-state index contributed by atoms with van der Waals surface area (Å²) in [4.78, 5) is 0.445. The lowest BCUT2D eigenvalue weighted by molar-refractivity contribution is 0.575. The van der Waals surface area contributed by atoms with E-state index in [0.717, 1.165) is 0 Å². The highest BCUT2D eigenvalue weighted by Gasteiger charge is 2.15. The highest BCUT2D eigenvalue weighted by Crippen LogP contribution is 2.13. The molecule has 17 heavy (non-hydrogen) atoms. The second kappa shape index (κ2) is 5.77. The van der Waals surface area contributed by atoms with Gasteiger partial charge in [-0.1, -0.05) is 30.7 Å². The molecule has 0 bridgehead atoms. The summed E-state index contributed by atoms with van der Waals surface area (Å²) in [6.07, 6.45) is 0. The fourth-order valence-electron chi connectivity index (χ4n) is 1.03. The molecule has 1 aromatic carbocycles. The number of halogens is 1. The van der Waals surface area contributed by atoms with Crippen molar-refractivity contribution < 1.29 is 8.42 Å². The van der Waals surface area contributed by atoms with E-state index < -0.39 is 10.0 Å². The van der Waals surface area contributed by atoms with Crippen molar-refractivity contribution in [3.05, 3.63) is 29.3 Å². The van der Waals surface area contributed by atoms with Crippen LogP contribution in [0.5, 0.6) is 0 Å². The first-order valence-electron chi connectivity index (χ1n) is 4.87. The van der Waals surface area contributed by atoms with Crippen LogP contribution in [0.1, 0.15) is 6.92 Å². The molecule has 0 fully saturated rings. The van der Waals surface area contributed by atoms with E-state index in [1.807, 2.05) is 0 Å². The third-order valence-electron chi connectivity index (χ3n) is 2.19. The van der Waals surface area contributed by atoms with Gasteiger partial charge in [-0.25, -0.2) is 13.1 Å². The van der Waals surface area contributed by atoms with Gasteiger partial charge in [-0.2, -0.15) is 0 Å². The molecular formula is C10H13ClN2O2S2. The molecule has 3 N–H and O–H groups in total. The summed E-state index contributed by atoms with van der Waals surface area (Å²) in [5.74, 6) is -0.188. The Morgan fingerprint density at radius 1 is 1.47 bits per heavy atom. The van der Waals surface area contributed by atoms with Crippen molar-refractivity contribution in [2.75, 3.05) is 6.54 Å². The van der Waals surface area contributed by atoms with Crippen molar-refractivity contribution >= 4 is 38.8 Å². The van der Waals surface area contributed by atoms with Gasteiger partial charge in [0.15, 0.2) is 0 Å². The number of thiocarbonyl (C=S) groups is 1. The molecule has 1 rings (SSSR count). The van der Waals surface area contributed by atoms with Crippen molar-refractivity contribution in [2.24, 2.45) is 11.7 Å². The van der Waals surface area contributed by atoms with Gasteiger partial charge in [0.1, 0.15) is 0 Å². The third-order valence-corrected chi connectivity index (χ3v) is 4.28. The monoisotopic (exact) mass is 292 g/mol. The van der Waals surface area contributed by atoms with Gasteiger partial charge in [0, 0.05) is 17.5 Å². The van der Waals surface area contributed by atoms with Crippen molar-refractivity contribution in [2.45, 2.75) is 11.8 Å². The van der Waals surface area contributed by atoms with Crippen molar-refractivity contribution in [1.82, 2.24) is 4.72 Å². The predicted octanol–water partition coefficient (Wildman–Crippen LogP) is 1.54. The van der Waals surface area contributed by atoms with Crippen LogP contribution in [0, 0.1) is 5.92 Å². The molecule has 0 saturated heterocycles. The molecule has 0 radical (unpaired) electrons. The average Bonchev–Trinajstić information content (AvgIpc) is 2.26. The van der Waals surface area contributed by atoms with Crippen molar-refractivity contribution in [3.63, 3.8) is 0 Å². The van der Waals surface area contributed by atoms with E-state index in [9.17, 15) is 8.42 Å². The van der Waals surface area contributed by atoms with Crippen LogP contribution in [-0.4, -0.2) is 20.0 Å². The van der Waals surface area contributed by atoms with Gasteiger partial charge in [0.05, 0.1) is 9.88 Å².